The SMILES string of the molecule is Fc1cc(-c2c3c(cc4ccccc24)-c2nc-3nc3[nH]c(nc4nc(nc5[nH]c(n2)c2c(-c6cc(F)c(F)c(F)c6)c6ccccc6cc52)-c2c-4cc4ccccc4c2-c2cc(F)c(F)c(F)c2)c2c(-c4cc(F)c(F)c(F)c4)c4ccccc4cc32)cc(F)c1F. The monoisotopic (exact) mass is 1230 g/mol. The molecule has 2 aliphatic rings. The molecule has 92 heavy (non-hydrogen) atoms. The van der Waals surface area contributed by atoms with E-state index in [0.29, 0.717) is 43.1 Å². The molecule has 17 rings (SSSR count). The first-order valence-corrected chi connectivity index (χ1v) is 28.2. The van der Waals surface area contributed by atoms with E-state index in [-0.39, 0.29) is 134 Å². The zero-order valence-corrected chi connectivity index (χ0v) is 46.4. The minimum absolute atomic E-state index is 0.0617. The molecule has 3 aromatic heterocycles. The van der Waals surface area contributed by atoms with E-state index in [2.05, 4.69) is 9.97 Å². The van der Waals surface area contributed by atoms with E-state index in [1.54, 1.807) is 121 Å². The Morgan fingerprint density at radius 2 is 0.489 bits per heavy atom. The van der Waals surface area contributed by atoms with Crippen LogP contribution in [0.5, 0.6) is 0 Å². The molecule has 0 unspecified atom stereocenters. The molecular formula is C72H30F12N8. The summed E-state index contributed by atoms with van der Waals surface area (Å²) in [5.74, 6) is -19.9. The van der Waals surface area contributed by atoms with Gasteiger partial charge in [-0.05, 0) is 138 Å². The van der Waals surface area contributed by atoms with E-state index < -0.39 is 69.8 Å². The van der Waals surface area contributed by atoms with Crippen molar-refractivity contribution in [2.75, 3.05) is 0 Å². The number of benzene rings is 12. The van der Waals surface area contributed by atoms with Gasteiger partial charge < -0.3 is 9.97 Å². The average molecular weight is 1240 g/mol. The van der Waals surface area contributed by atoms with E-state index in [9.17, 15) is 0 Å². The maximum atomic E-state index is 15.7. The predicted octanol–water partition coefficient (Wildman–Crippen LogP) is 19.8. The molecule has 15 aromatic rings. The molecule has 442 valence electrons. The number of rotatable bonds is 4. The number of nitrogens with zero attached hydrogens (tertiary/aromatic N) is 6. The number of hydrogen-bond donors (Lipinski definition) is 2. The third-order valence-corrected chi connectivity index (χ3v) is 17.0. The third-order valence-electron chi connectivity index (χ3n) is 17.0. The molecule has 0 saturated carbocycles. The fourth-order valence-electron chi connectivity index (χ4n) is 13.1. The molecule has 0 saturated heterocycles. The number of aromatic amines is 2. The summed E-state index contributed by atoms with van der Waals surface area (Å²) in [7, 11) is 0. The van der Waals surface area contributed by atoms with Crippen molar-refractivity contribution in [1.29, 1.82) is 0 Å². The summed E-state index contributed by atoms with van der Waals surface area (Å²) in [5.41, 5.74) is 0.00430. The smallest absolute Gasteiger partial charge is 0.194 e. The molecule has 5 heterocycles. The second-order valence-corrected chi connectivity index (χ2v) is 22.2. The van der Waals surface area contributed by atoms with Crippen molar-refractivity contribution in [2.24, 2.45) is 0 Å². The summed E-state index contributed by atoms with van der Waals surface area (Å²) >= 11 is 0. The molecule has 0 fully saturated rings. The van der Waals surface area contributed by atoms with Gasteiger partial charge in [0.05, 0.1) is 0 Å². The van der Waals surface area contributed by atoms with Gasteiger partial charge in [-0.3, -0.25) is 0 Å². The molecule has 2 aliphatic heterocycles. The van der Waals surface area contributed by atoms with E-state index >= 15 is 52.7 Å². The summed E-state index contributed by atoms with van der Waals surface area (Å²) < 4.78 is 186. The van der Waals surface area contributed by atoms with Gasteiger partial charge in [-0.15, -0.1) is 0 Å². The fourth-order valence-corrected chi connectivity index (χ4v) is 13.1. The van der Waals surface area contributed by atoms with Gasteiger partial charge in [-0.2, -0.15) is 0 Å². The lowest BCUT2D eigenvalue weighted by molar-refractivity contribution is 0.447. The topological polar surface area (TPSA) is 109 Å². The average Bonchev–Trinajstić information content (AvgIpc) is 1.53. The van der Waals surface area contributed by atoms with Crippen LogP contribution in [0.4, 0.5) is 52.7 Å². The van der Waals surface area contributed by atoms with Crippen LogP contribution < -0.4 is 0 Å². The van der Waals surface area contributed by atoms with Crippen molar-refractivity contribution in [3.8, 4) is 90.1 Å². The second-order valence-electron chi connectivity index (χ2n) is 22.2. The highest BCUT2D eigenvalue weighted by Crippen LogP contribution is 2.51. The first kappa shape index (κ1) is 54.4. The highest BCUT2D eigenvalue weighted by atomic mass is 19.2. The fraction of sp³-hybridized carbons (Fsp3) is 0. The Morgan fingerprint density at radius 1 is 0.228 bits per heavy atom. The van der Waals surface area contributed by atoms with Gasteiger partial charge in [0.15, 0.2) is 93.1 Å². The van der Waals surface area contributed by atoms with Crippen molar-refractivity contribution >= 4 is 87.2 Å². The van der Waals surface area contributed by atoms with Crippen LogP contribution in [0, 0.1) is 69.8 Å². The molecule has 8 bridgehead atoms. The Kier molecular flexibility index (Phi) is 11.7. The number of aromatic nitrogens is 8. The van der Waals surface area contributed by atoms with Crippen LogP contribution in [0.3, 0.4) is 0 Å². The van der Waals surface area contributed by atoms with Crippen LogP contribution in [0.15, 0.2) is 170 Å². The van der Waals surface area contributed by atoms with Crippen molar-refractivity contribution in [1.82, 2.24) is 39.9 Å². The number of halogens is 12. The Morgan fingerprint density at radius 3 is 0.804 bits per heavy atom. The van der Waals surface area contributed by atoms with Crippen molar-refractivity contribution in [3.05, 3.63) is 240 Å². The summed E-state index contributed by atoms with van der Waals surface area (Å²) in [6.45, 7) is 0. The van der Waals surface area contributed by atoms with Crippen molar-refractivity contribution < 1.29 is 52.7 Å². The normalized spacial score (nSPS) is 12.1. The molecular weight excluding hydrogens is 1200 g/mol. The van der Waals surface area contributed by atoms with E-state index in [0.717, 1.165) is 48.5 Å². The van der Waals surface area contributed by atoms with Gasteiger partial charge in [0.25, 0.3) is 0 Å². The highest BCUT2D eigenvalue weighted by Gasteiger charge is 2.32. The zero-order valence-electron chi connectivity index (χ0n) is 46.4. The van der Waals surface area contributed by atoms with Crippen LogP contribution in [-0.4, -0.2) is 39.9 Å². The molecule has 20 heteroatoms. The highest BCUT2D eigenvalue weighted by molar-refractivity contribution is 6.24. The number of H-pyrrole nitrogens is 2. The standard InChI is InChI=1S/C72H30F12N8/c73-45-21-33(22-46(74)61(45)81)53-37-13-5-1-9-29(37)17-41-57(53)69-85-65(41)89-70-58-42(18-30-10-2-6-14-38(30)54(58)34-23-47(75)62(82)48(76)24-34)67(86-70)91-72-60-44(20-32-12-4-8-16-40(32)56(60)36-27-51(79)64(84)52(80)28-36)68(88-72)92-71-59-43(66(87-71)90-69)19-31-11-3-7-15-39(31)55(59)35-25-49(77)63(83)50(78)26-35/h1-28H,(H2,85,86,87,88,89,90,91,92). The van der Waals surface area contributed by atoms with Crippen LogP contribution >= 0.6 is 0 Å². The lowest BCUT2D eigenvalue weighted by Crippen LogP contribution is -1.95. The van der Waals surface area contributed by atoms with Crippen molar-refractivity contribution in [3.63, 3.8) is 0 Å². The Labute approximate surface area is 507 Å². The van der Waals surface area contributed by atoms with Crippen LogP contribution in [0.2, 0.25) is 0 Å². The molecule has 2 N–H and O–H groups in total. The van der Waals surface area contributed by atoms with Gasteiger partial charge in [-0.1, -0.05) is 97.1 Å². The summed E-state index contributed by atoms with van der Waals surface area (Å²) in [6, 6.07) is 40.3. The summed E-state index contributed by atoms with van der Waals surface area (Å²) in [5, 5.41) is 4.06. The summed E-state index contributed by atoms with van der Waals surface area (Å²) in [4.78, 5) is 37.7. The van der Waals surface area contributed by atoms with Crippen LogP contribution in [-0.2, 0) is 0 Å². The van der Waals surface area contributed by atoms with Gasteiger partial charge >= 0.3 is 0 Å². The first-order chi connectivity index (χ1) is 44.5. The minimum atomic E-state index is -1.74. The maximum Gasteiger partial charge on any atom is 0.194 e. The van der Waals surface area contributed by atoms with Gasteiger partial charge in [0.1, 0.15) is 22.6 Å². The Hall–Kier alpha value is -11.8. The third kappa shape index (κ3) is 8.08. The molecule has 0 amide bonds. The minimum Gasteiger partial charge on any atom is -0.324 e. The van der Waals surface area contributed by atoms with Crippen molar-refractivity contribution in [2.45, 2.75) is 0 Å². The Balaban J connectivity index is 1.13. The number of fused-ring (bicyclic) bond motifs is 24. The van der Waals surface area contributed by atoms with Crippen LogP contribution in [0.25, 0.3) is 177 Å². The molecule has 0 spiro atoms. The first-order valence-electron chi connectivity index (χ1n) is 28.2. The Bertz CT molecular complexity index is 5620. The largest absolute Gasteiger partial charge is 0.324 e. The van der Waals surface area contributed by atoms with E-state index in [1.807, 2.05) is 0 Å². The molecule has 0 atom stereocenters. The molecule has 12 aromatic carbocycles. The lowest BCUT2D eigenvalue weighted by atomic mass is 9.89. The number of nitrogens with one attached hydrogen (secondary N) is 2. The van der Waals surface area contributed by atoms with E-state index in [1.165, 1.54) is 0 Å². The molecule has 8 nitrogen and oxygen atoms in total. The summed E-state index contributed by atoms with van der Waals surface area (Å²) in [6.07, 6.45) is 0. The number of hydrogen-bond acceptors (Lipinski definition) is 6. The maximum absolute atomic E-state index is 15.7. The zero-order chi connectivity index (χ0) is 62.9. The lowest BCUT2D eigenvalue weighted by Gasteiger charge is -2.14. The van der Waals surface area contributed by atoms with Gasteiger partial charge in [-0.25, -0.2) is 82.6 Å². The van der Waals surface area contributed by atoms with Gasteiger partial charge in [0.2, 0.25) is 0 Å². The molecule has 0 radical (unpaired) electrons. The second kappa shape index (κ2) is 19.9. The quantitative estimate of drug-likeness (QED) is 0.134. The van der Waals surface area contributed by atoms with E-state index in [4.69, 9.17) is 29.9 Å². The predicted molar refractivity (Wildman–Crippen MR) is 327 cm³/mol. The van der Waals surface area contributed by atoms with Gasteiger partial charge in [0, 0.05) is 66.1 Å². The molecule has 0 aliphatic carbocycles. The van der Waals surface area contributed by atoms with Crippen LogP contribution in [0.1, 0.15) is 0 Å².